The van der Waals surface area contributed by atoms with Crippen LogP contribution in [-0.2, 0) is 6.42 Å². The second-order valence-corrected chi connectivity index (χ2v) is 8.96. The average molecular weight is 450 g/mol. The van der Waals surface area contributed by atoms with Crippen molar-refractivity contribution >= 4 is 10.9 Å². The highest BCUT2D eigenvalue weighted by molar-refractivity contribution is 5.76. The monoisotopic (exact) mass is 449 g/mol. The molecule has 1 heterocycles. The number of aromatic nitrogens is 1. The van der Waals surface area contributed by atoms with Crippen molar-refractivity contribution in [2.45, 2.75) is 89.9 Å². The lowest BCUT2D eigenvalue weighted by Gasteiger charge is -2.05. The number of hydrogen-bond donors (Lipinski definition) is 0. The van der Waals surface area contributed by atoms with E-state index in [0.29, 0.717) is 17.5 Å². The molecule has 0 N–H and O–H groups in total. The van der Waals surface area contributed by atoms with Crippen LogP contribution >= 0.6 is 0 Å². The Kier molecular flexibility index (Phi) is 11.6. The molecule has 1 aromatic heterocycles. The van der Waals surface area contributed by atoms with E-state index in [1.165, 1.54) is 82.6 Å². The van der Waals surface area contributed by atoms with Gasteiger partial charge >= 0.3 is 11.7 Å². The maximum atomic E-state index is 11.9. The summed E-state index contributed by atoms with van der Waals surface area (Å²) in [5.74, 6) is 0. The summed E-state index contributed by atoms with van der Waals surface area (Å²) in [5.41, 5.74) is 1.70. The van der Waals surface area contributed by atoms with Crippen molar-refractivity contribution < 1.29 is 9.15 Å². The molecule has 0 saturated carbocycles. The molecule has 4 nitrogen and oxygen atoms in total. The lowest BCUT2D eigenvalue weighted by molar-refractivity contribution is 0.211. The Labute approximate surface area is 198 Å². The summed E-state index contributed by atoms with van der Waals surface area (Å²) in [6, 6.07) is 18.0. The molecule has 0 atom stereocenters. The smallest absolute Gasteiger partial charge is 0.397 e. The molecule has 0 bridgehead atoms. The predicted molar refractivity (Wildman–Crippen MR) is 136 cm³/mol. The quantitative estimate of drug-likeness (QED) is 0.197. The number of nitrogens with zero attached hydrogens (tertiary/aromatic N) is 1. The summed E-state index contributed by atoms with van der Waals surface area (Å²) in [5, 5.41) is 0.490. The van der Waals surface area contributed by atoms with Crippen molar-refractivity contribution in [2.24, 2.45) is 0 Å². The first-order valence-electron chi connectivity index (χ1n) is 12.9. The number of rotatable bonds is 17. The van der Waals surface area contributed by atoms with Gasteiger partial charge in [0.15, 0.2) is 0 Å². The minimum atomic E-state index is -0.390. The molecule has 4 heteroatoms. The highest BCUT2D eigenvalue weighted by atomic mass is 16.6. The van der Waals surface area contributed by atoms with Crippen molar-refractivity contribution in [1.82, 2.24) is 4.98 Å². The van der Waals surface area contributed by atoms with Gasteiger partial charge in [-0.2, -0.15) is 4.98 Å². The molecule has 3 aromatic rings. The molecule has 0 saturated heterocycles. The van der Waals surface area contributed by atoms with Crippen molar-refractivity contribution in [3.63, 3.8) is 0 Å². The number of hydrogen-bond acceptors (Lipinski definition) is 4. The molecule has 0 aliphatic rings. The minimum absolute atomic E-state index is 0.0786. The molecule has 33 heavy (non-hydrogen) atoms. The van der Waals surface area contributed by atoms with Gasteiger partial charge in [0.25, 0.3) is 0 Å². The Balaban J connectivity index is 1.08. The van der Waals surface area contributed by atoms with Gasteiger partial charge < -0.3 is 9.15 Å². The van der Waals surface area contributed by atoms with Crippen LogP contribution in [-0.4, -0.2) is 11.6 Å². The molecule has 0 unspecified atom stereocenters. The number of aryl methyl sites for hydroxylation is 1. The Bertz CT molecular complexity index is 967. The van der Waals surface area contributed by atoms with E-state index in [2.05, 4.69) is 35.3 Å². The topological polar surface area (TPSA) is 52.3 Å². The molecule has 3 rings (SSSR count). The third-order valence-electron chi connectivity index (χ3n) is 6.19. The highest BCUT2D eigenvalue weighted by Gasteiger charge is 2.06. The highest BCUT2D eigenvalue weighted by Crippen LogP contribution is 2.15. The fraction of sp³-hybridized carbons (Fsp3) is 0.517. The van der Waals surface area contributed by atoms with Crippen LogP contribution in [0.5, 0.6) is 6.08 Å². The van der Waals surface area contributed by atoms with Gasteiger partial charge in [-0.25, -0.2) is 4.79 Å². The van der Waals surface area contributed by atoms with Crippen LogP contribution in [0.4, 0.5) is 0 Å². The molecule has 0 amide bonds. The Hall–Kier alpha value is -2.62. The summed E-state index contributed by atoms with van der Waals surface area (Å²) >= 11 is 0. The minimum Gasteiger partial charge on any atom is -0.450 e. The van der Waals surface area contributed by atoms with Gasteiger partial charge in [0.05, 0.1) is 17.5 Å². The zero-order chi connectivity index (χ0) is 23.0. The number of fused-ring (bicyclic) bond motifs is 1. The van der Waals surface area contributed by atoms with Gasteiger partial charge in [0.1, 0.15) is 0 Å². The molecule has 0 spiro atoms. The van der Waals surface area contributed by atoms with E-state index in [4.69, 9.17) is 9.15 Å². The van der Waals surface area contributed by atoms with E-state index < -0.39 is 5.63 Å². The van der Waals surface area contributed by atoms with E-state index in [1.807, 2.05) is 6.07 Å². The molecule has 2 aromatic carbocycles. The van der Waals surface area contributed by atoms with Crippen LogP contribution < -0.4 is 10.4 Å². The van der Waals surface area contributed by atoms with E-state index in [9.17, 15) is 4.79 Å². The first kappa shape index (κ1) is 25.0. The molecular weight excluding hydrogens is 410 g/mol. The Morgan fingerprint density at radius 1 is 0.636 bits per heavy atom. The zero-order valence-corrected chi connectivity index (χ0v) is 20.0. The third kappa shape index (κ3) is 9.81. The van der Waals surface area contributed by atoms with Crippen molar-refractivity contribution in [2.75, 3.05) is 6.61 Å². The van der Waals surface area contributed by atoms with Crippen LogP contribution in [0.2, 0.25) is 0 Å². The van der Waals surface area contributed by atoms with Crippen LogP contribution in [0.15, 0.2) is 63.8 Å². The van der Waals surface area contributed by atoms with Gasteiger partial charge in [-0.1, -0.05) is 113 Å². The lowest BCUT2D eigenvalue weighted by Crippen LogP contribution is -2.06. The normalized spacial score (nSPS) is 11.2. The van der Waals surface area contributed by atoms with Crippen molar-refractivity contribution in [1.29, 1.82) is 0 Å². The average Bonchev–Trinajstić information content (AvgIpc) is 2.84. The molecule has 0 aliphatic carbocycles. The summed E-state index contributed by atoms with van der Waals surface area (Å²) in [7, 11) is 0. The fourth-order valence-corrected chi connectivity index (χ4v) is 4.24. The van der Waals surface area contributed by atoms with Crippen molar-refractivity contribution in [3.05, 3.63) is 70.6 Å². The van der Waals surface area contributed by atoms with E-state index in [1.54, 1.807) is 18.2 Å². The van der Waals surface area contributed by atoms with E-state index in [-0.39, 0.29) is 6.08 Å². The SMILES string of the molecule is O=c1oc(OCCCCCCCCCCCCCCCc2ccccc2)nc2ccccc12. The standard InChI is InChI=1S/C29H39NO3/c31-28-26-22-16-17-23-27(26)30-29(33-28)32-24-18-11-9-7-5-3-1-2-4-6-8-10-13-19-25-20-14-12-15-21-25/h12,14-17,20-23H,1-11,13,18-19,24H2. The van der Waals surface area contributed by atoms with Gasteiger partial charge in [-0.15, -0.1) is 0 Å². The second kappa shape index (κ2) is 15.3. The predicted octanol–water partition coefficient (Wildman–Crippen LogP) is 7.88. The number of benzene rings is 2. The molecule has 178 valence electrons. The number of unbranched alkanes of at least 4 members (excludes halogenated alkanes) is 12. The molecular formula is C29H39NO3. The number of ether oxygens (including phenoxy) is 1. The Morgan fingerprint density at radius 2 is 1.18 bits per heavy atom. The molecule has 0 aliphatic heterocycles. The van der Waals surface area contributed by atoms with Crippen LogP contribution in [0, 0.1) is 0 Å². The van der Waals surface area contributed by atoms with Crippen molar-refractivity contribution in [3.8, 4) is 6.08 Å². The fourth-order valence-electron chi connectivity index (χ4n) is 4.24. The van der Waals surface area contributed by atoms with E-state index in [0.717, 1.165) is 12.8 Å². The first-order valence-corrected chi connectivity index (χ1v) is 12.9. The van der Waals surface area contributed by atoms with Gasteiger partial charge in [-0.3, -0.25) is 0 Å². The summed E-state index contributed by atoms with van der Waals surface area (Å²) in [6.45, 7) is 0.541. The Morgan fingerprint density at radius 3 is 1.85 bits per heavy atom. The third-order valence-corrected chi connectivity index (χ3v) is 6.19. The maximum Gasteiger partial charge on any atom is 0.397 e. The first-order chi connectivity index (χ1) is 16.3. The molecule has 0 fully saturated rings. The van der Waals surface area contributed by atoms with Gasteiger partial charge in [0, 0.05) is 0 Å². The van der Waals surface area contributed by atoms with Crippen LogP contribution in [0.3, 0.4) is 0 Å². The van der Waals surface area contributed by atoms with Crippen LogP contribution in [0.25, 0.3) is 10.9 Å². The summed E-state index contributed by atoms with van der Waals surface area (Å²) in [6.07, 6.45) is 18.2. The summed E-state index contributed by atoms with van der Waals surface area (Å²) < 4.78 is 10.7. The summed E-state index contributed by atoms with van der Waals surface area (Å²) in [4.78, 5) is 16.2. The number of para-hydroxylation sites is 1. The maximum absolute atomic E-state index is 11.9. The molecule has 0 radical (unpaired) electrons. The second-order valence-electron chi connectivity index (χ2n) is 8.96. The van der Waals surface area contributed by atoms with Gasteiger partial charge in [-0.05, 0) is 37.0 Å². The van der Waals surface area contributed by atoms with Gasteiger partial charge in [0.2, 0.25) is 0 Å². The van der Waals surface area contributed by atoms with Crippen LogP contribution in [0.1, 0.15) is 89.0 Å². The largest absolute Gasteiger partial charge is 0.450 e. The van der Waals surface area contributed by atoms with E-state index >= 15 is 0 Å². The lowest BCUT2D eigenvalue weighted by atomic mass is 10.0. The zero-order valence-electron chi connectivity index (χ0n) is 20.0.